The van der Waals surface area contributed by atoms with E-state index in [-0.39, 0.29) is 5.56 Å². The molecule has 0 aliphatic heterocycles. The van der Waals surface area contributed by atoms with Gasteiger partial charge in [0.25, 0.3) is 0 Å². The van der Waals surface area contributed by atoms with E-state index in [9.17, 15) is 17.6 Å². The van der Waals surface area contributed by atoms with E-state index in [1.807, 2.05) is 22.6 Å². The summed E-state index contributed by atoms with van der Waals surface area (Å²) in [4.78, 5) is 3.55. The minimum atomic E-state index is -4.81. The molecule has 0 aliphatic carbocycles. The summed E-state index contributed by atoms with van der Waals surface area (Å²) in [5, 5.41) is 0. The summed E-state index contributed by atoms with van der Waals surface area (Å²) < 4.78 is 52.1. The van der Waals surface area contributed by atoms with Crippen LogP contribution in [0.5, 0.6) is 5.88 Å². The van der Waals surface area contributed by atoms with E-state index in [4.69, 9.17) is 0 Å². The third-order valence-corrected chi connectivity index (χ3v) is 3.01. The lowest BCUT2D eigenvalue weighted by atomic mass is 10.2. The zero-order chi connectivity index (χ0) is 11.6. The first-order valence-electron chi connectivity index (χ1n) is 3.81. The number of hydrogen-bond acceptors (Lipinski definition) is 2. The van der Waals surface area contributed by atoms with Crippen LogP contribution < -0.4 is 4.74 Å². The Bertz CT molecular complexity index is 366. The van der Waals surface area contributed by atoms with E-state index in [0.717, 1.165) is 6.07 Å². The number of aryl methyl sites for hydroxylation is 1. The summed E-state index contributed by atoms with van der Waals surface area (Å²) in [7, 11) is 0. The van der Waals surface area contributed by atoms with Crippen LogP contribution in [0, 0.1) is 10.5 Å². The van der Waals surface area contributed by atoms with Crippen LogP contribution in [-0.2, 0) is 6.67 Å². The van der Waals surface area contributed by atoms with Crippen LogP contribution in [0.1, 0.15) is 11.3 Å². The number of alkyl halides is 4. The number of nitrogens with zero attached hydrogens (tertiary/aromatic N) is 1. The van der Waals surface area contributed by atoms with Crippen LogP contribution in [0.4, 0.5) is 17.6 Å². The van der Waals surface area contributed by atoms with Crippen LogP contribution >= 0.6 is 22.6 Å². The summed E-state index contributed by atoms with van der Waals surface area (Å²) in [5.74, 6) is -0.631. The largest absolute Gasteiger partial charge is 0.574 e. The van der Waals surface area contributed by atoms with Crippen molar-refractivity contribution in [2.45, 2.75) is 20.0 Å². The third kappa shape index (κ3) is 3.47. The Balaban J connectivity index is 3.06. The lowest BCUT2D eigenvalue weighted by Crippen LogP contribution is -2.18. The third-order valence-electron chi connectivity index (χ3n) is 1.54. The van der Waals surface area contributed by atoms with Gasteiger partial charge in [-0.15, -0.1) is 13.2 Å². The second-order valence-electron chi connectivity index (χ2n) is 2.70. The van der Waals surface area contributed by atoms with Gasteiger partial charge in [0.05, 0.1) is 5.69 Å². The molecule has 0 unspecified atom stereocenters. The molecule has 0 bridgehead atoms. The molecule has 15 heavy (non-hydrogen) atoms. The van der Waals surface area contributed by atoms with Crippen LogP contribution in [0.2, 0.25) is 0 Å². The highest BCUT2D eigenvalue weighted by Gasteiger charge is 2.32. The highest BCUT2D eigenvalue weighted by molar-refractivity contribution is 14.1. The standard InChI is InChI=1S/C8H6F4INO/c1-4-7(13)5(3-9)2-6(14-4)15-8(10,11)12/h2H,3H2,1H3. The van der Waals surface area contributed by atoms with Crippen molar-refractivity contribution in [3.05, 3.63) is 20.9 Å². The predicted molar refractivity (Wildman–Crippen MR) is 53.2 cm³/mol. The molecule has 1 heterocycles. The Kier molecular flexibility index (Phi) is 3.74. The lowest BCUT2D eigenvalue weighted by molar-refractivity contribution is -0.276. The van der Waals surface area contributed by atoms with Gasteiger partial charge in [-0.25, -0.2) is 9.37 Å². The van der Waals surface area contributed by atoms with Crippen LogP contribution in [0.25, 0.3) is 0 Å². The molecule has 1 rings (SSSR count). The Morgan fingerprint density at radius 2 is 2.07 bits per heavy atom. The molecule has 0 atom stereocenters. The highest BCUT2D eigenvalue weighted by atomic mass is 127. The summed E-state index contributed by atoms with van der Waals surface area (Å²) in [5.41, 5.74) is 0.451. The fourth-order valence-electron chi connectivity index (χ4n) is 0.960. The maximum absolute atomic E-state index is 12.4. The van der Waals surface area contributed by atoms with E-state index < -0.39 is 18.9 Å². The average Bonchev–Trinajstić information content (AvgIpc) is 2.08. The normalized spacial score (nSPS) is 11.6. The van der Waals surface area contributed by atoms with Gasteiger partial charge in [0.2, 0.25) is 5.88 Å². The first-order valence-corrected chi connectivity index (χ1v) is 4.89. The molecular formula is C8H6F4INO. The van der Waals surface area contributed by atoms with Crippen molar-refractivity contribution in [2.75, 3.05) is 0 Å². The van der Waals surface area contributed by atoms with Gasteiger partial charge < -0.3 is 4.74 Å². The summed E-state index contributed by atoms with van der Waals surface area (Å²) in [6, 6.07) is 0.947. The molecule has 0 saturated heterocycles. The number of pyridine rings is 1. The minimum absolute atomic E-state index is 0.141. The maximum atomic E-state index is 12.4. The van der Waals surface area contributed by atoms with Crippen LogP contribution in [0.15, 0.2) is 6.07 Å². The topological polar surface area (TPSA) is 22.1 Å². The maximum Gasteiger partial charge on any atom is 0.574 e. The predicted octanol–water partition coefficient (Wildman–Crippen LogP) is 3.36. The molecule has 0 spiro atoms. The second-order valence-corrected chi connectivity index (χ2v) is 3.78. The van der Waals surface area contributed by atoms with Gasteiger partial charge in [-0.3, -0.25) is 0 Å². The summed E-state index contributed by atoms with van der Waals surface area (Å²) in [6.07, 6.45) is -4.81. The van der Waals surface area contributed by atoms with Crippen molar-refractivity contribution in [1.29, 1.82) is 0 Å². The minimum Gasteiger partial charge on any atom is -0.388 e. The number of hydrogen-bond donors (Lipinski definition) is 0. The van der Waals surface area contributed by atoms with Crippen molar-refractivity contribution in [3.8, 4) is 5.88 Å². The van der Waals surface area contributed by atoms with Crippen LogP contribution in [-0.4, -0.2) is 11.3 Å². The molecule has 1 aromatic heterocycles. The van der Waals surface area contributed by atoms with Gasteiger partial charge in [0.1, 0.15) is 6.67 Å². The van der Waals surface area contributed by atoms with E-state index in [2.05, 4.69) is 9.72 Å². The van der Waals surface area contributed by atoms with Gasteiger partial charge in [0.15, 0.2) is 0 Å². The lowest BCUT2D eigenvalue weighted by Gasteiger charge is -2.10. The van der Waals surface area contributed by atoms with Crippen molar-refractivity contribution >= 4 is 22.6 Å². The number of aromatic nitrogens is 1. The molecule has 0 N–H and O–H groups in total. The Labute approximate surface area is 96.8 Å². The molecule has 0 fully saturated rings. The van der Waals surface area contributed by atoms with E-state index in [0.29, 0.717) is 9.26 Å². The molecule has 0 amide bonds. The van der Waals surface area contributed by atoms with Crippen molar-refractivity contribution in [3.63, 3.8) is 0 Å². The Hall–Kier alpha value is -0.600. The zero-order valence-electron chi connectivity index (χ0n) is 7.53. The van der Waals surface area contributed by atoms with E-state index in [1.165, 1.54) is 6.92 Å². The fraction of sp³-hybridized carbons (Fsp3) is 0.375. The molecule has 84 valence electrons. The van der Waals surface area contributed by atoms with E-state index in [1.54, 1.807) is 0 Å². The summed E-state index contributed by atoms with van der Waals surface area (Å²) in [6.45, 7) is 0.639. The van der Waals surface area contributed by atoms with E-state index >= 15 is 0 Å². The van der Waals surface area contributed by atoms with Crippen LogP contribution in [0.3, 0.4) is 0 Å². The SMILES string of the molecule is Cc1nc(OC(F)(F)F)cc(CF)c1I. The molecule has 0 aliphatic rings. The van der Waals surface area contributed by atoms with Gasteiger partial charge in [-0.05, 0) is 29.5 Å². The van der Waals surface area contributed by atoms with Gasteiger partial charge in [-0.2, -0.15) is 0 Å². The zero-order valence-corrected chi connectivity index (χ0v) is 9.69. The first-order chi connectivity index (χ1) is 6.83. The first kappa shape index (κ1) is 12.5. The molecule has 7 heteroatoms. The monoisotopic (exact) mass is 335 g/mol. The molecule has 1 aromatic rings. The van der Waals surface area contributed by atoms with Crippen molar-refractivity contribution in [1.82, 2.24) is 4.98 Å². The molecule has 0 aromatic carbocycles. The second kappa shape index (κ2) is 4.50. The average molecular weight is 335 g/mol. The number of halogens is 5. The van der Waals surface area contributed by atoms with Gasteiger partial charge >= 0.3 is 6.36 Å². The molecular weight excluding hydrogens is 329 g/mol. The number of rotatable bonds is 2. The molecule has 2 nitrogen and oxygen atoms in total. The van der Waals surface area contributed by atoms with Gasteiger partial charge in [-0.1, -0.05) is 0 Å². The fourth-order valence-corrected chi connectivity index (χ4v) is 1.38. The Morgan fingerprint density at radius 1 is 1.47 bits per heavy atom. The molecule has 0 saturated carbocycles. The Morgan fingerprint density at radius 3 is 2.53 bits per heavy atom. The van der Waals surface area contributed by atoms with Crippen molar-refractivity contribution < 1.29 is 22.3 Å². The van der Waals surface area contributed by atoms with Crippen molar-refractivity contribution in [2.24, 2.45) is 0 Å². The molecule has 0 radical (unpaired) electrons. The summed E-state index contributed by atoms with van der Waals surface area (Å²) >= 11 is 1.82. The smallest absolute Gasteiger partial charge is 0.388 e. The highest BCUT2D eigenvalue weighted by Crippen LogP contribution is 2.25. The van der Waals surface area contributed by atoms with Gasteiger partial charge in [0, 0.05) is 15.2 Å². The quantitative estimate of drug-likeness (QED) is 0.611. The number of ether oxygens (including phenoxy) is 1.